The van der Waals surface area contributed by atoms with Gasteiger partial charge in [-0.3, -0.25) is 9.59 Å². The molecule has 0 radical (unpaired) electrons. The maximum absolute atomic E-state index is 12.4. The summed E-state index contributed by atoms with van der Waals surface area (Å²) in [5, 5.41) is 5.77. The molecule has 1 saturated heterocycles. The Morgan fingerprint density at radius 3 is 2.89 bits per heavy atom. The molecule has 1 atom stereocenters. The third-order valence-corrected chi connectivity index (χ3v) is 5.22. The molecule has 1 aromatic carbocycles. The van der Waals surface area contributed by atoms with Gasteiger partial charge in [0.25, 0.3) is 0 Å². The van der Waals surface area contributed by atoms with Crippen LogP contribution < -0.4 is 15.4 Å². The van der Waals surface area contributed by atoms with E-state index in [1.54, 1.807) is 11.9 Å². The zero-order chi connectivity index (χ0) is 20.3. The highest BCUT2D eigenvalue weighted by atomic mass is 32.1. The standard InChI is InChI=1S/C17H19F3N4O3S/c1-21-9-15(26)24-6-2-3-10(24)7-14(25)23-16-22-12-5-4-11(8-13(12)28-16)27-17(18,19)20/h4-5,8,10,21H,2-3,6-7,9H2,1H3,(H,22,23,25)/t10-/m0/s1. The van der Waals surface area contributed by atoms with E-state index in [1.807, 2.05) is 0 Å². The van der Waals surface area contributed by atoms with Gasteiger partial charge in [-0.15, -0.1) is 13.2 Å². The van der Waals surface area contributed by atoms with Gasteiger partial charge < -0.3 is 20.3 Å². The second-order valence-electron chi connectivity index (χ2n) is 6.36. The molecule has 0 bridgehead atoms. The second-order valence-corrected chi connectivity index (χ2v) is 7.39. The first-order valence-corrected chi connectivity index (χ1v) is 9.47. The maximum Gasteiger partial charge on any atom is 0.573 e. The Kier molecular flexibility index (Phi) is 6.04. The SMILES string of the molecule is CNCC(=O)N1CCC[C@H]1CC(=O)Nc1nc2ccc(OC(F)(F)F)cc2s1. The first-order valence-electron chi connectivity index (χ1n) is 8.65. The van der Waals surface area contributed by atoms with E-state index in [-0.39, 0.29) is 41.7 Å². The van der Waals surface area contributed by atoms with Crippen molar-refractivity contribution in [3.63, 3.8) is 0 Å². The number of thiazole rings is 1. The lowest BCUT2D eigenvalue weighted by Crippen LogP contribution is -2.41. The first-order chi connectivity index (χ1) is 13.2. The number of amides is 2. The van der Waals surface area contributed by atoms with Gasteiger partial charge in [-0.25, -0.2) is 4.98 Å². The van der Waals surface area contributed by atoms with Crippen LogP contribution in [0.3, 0.4) is 0 Å². The van der Waals surface area contributed by atoms with Crippen molar-refractivity contribution >= 4 is 38.5 Å². The van der Waals surface area contributed by atoms with E-state index in [4.69, 9.17) is 0 Å². The lowest BCUT2D eigenvalue weighted by atomic mass is 10.1. The molecule has 0 unspecified atom stereocenters. The van der Waals surface area contributed by atoms with Crippen LogP contribution in [0.1, 0.15) is 19.3 Å². The summed E-state index contributed by atoms with van der Waals surface area (Å²) in [6.45, 7) is 0.847. The minimum atomic E-state index is -4.77. The molecule has 152 valence electrons. The smallest absolute Gasteiger partial charge is 0.406 e. The van der Waals surface area contributed by atoms with E-state index in [2.05, 4.69) is 20.4 Å². The summed E-state index contributed by atoms with van der Waals surface area (Å²) in [4.78, 5) is 30.3. The van der Waals surface area contributed by atoms with Crippen LogP contribution in [0.15, 0.2) is 18.2 Å². The number of carbonyl (C=O) groups is 2. The summed E-state index contributed by atoms with van der Waals surface area (Å²) in [5.74, 6) is -0.680. The molecule has 2 amide bonds. The van der Waals surface area contributed by atoms with Gasteiger partial charge in [-0.05, 0) is 32.0 Å². The molecule has 3 rings (SSSR count). The van der Waals surface area contributed by atoms with Gasteiger partial charge in [0.1, 0.15) is 5.75 Å². The van der Waals surface area contributed by atoms with Gasteiger partial charge in [-0.2, -0.15) is 0 Å². The molecule has 28 heavy (non-hydrogen) atoms. The largest absolute Gasteiger partial charge is 0.573 e. The zero-order valence-corrected chi connectivity index (χ0v) is 15.8. The van der Waals surface area contributed by atoms with Gasteiger partial charge in [0.2, 0.25) is 11.8 Å². The summed E-state index contributed by atoms with van der Waals surface area (Å²) in [6, 6.07) is 3.63. The van der Waals surface area contributed by atoms with Crippen molar-refractivity contribution in [1.29, 1.82) is 0 Å². The molecule has 0 aliphatic carbocycles. The van der Waals surface area contributed by atoms with Crippen LogP contribution in [-0.2, 0) is 9.59 Å². The van der Waals surface area contributed by atoms with Crippen LogP contribution in [0.25, 0.3) is 10.2 Å². The van der Waals surface area contributed by atoms with E-state index in [0.29, 0.717) is 16.8 Å². The monoisotopic (exact) mass is 416 g/mol. The molecule has 1 aromatic heterocycles. The fourth-order valence-electron chi connectivity index (χ4n) is 3.17. The quantitative estimate of drug-likeness (QED) is 0.757. The van der Waals surface area contributed by atoms with E-state index in [9.17, 15) is 22.8 Å². The Labute approximate surface area is 162 Å². The fourth-order valence-corrected chi connectivity index (χ4v) is 4.08. The number of rotatable bonds is 6. The number of nitrogens with one attached hydrogen (secondary N) is 2. The number of hydrogen-bond acceptors (Lipinski definition) is 6. The number of hydrogen-bond donors (Lipinski definition) is 2. The zero-order valence-electron chi connectivity index (χ0n) is 15.0. The topological polar surface area (TPSA) is 83.6 Å². The van der Waals surface area contributed by atoms with Crippen molar-refractivity contribution in [2.75, 3.05) is 25.5 Å². The Hall–Kier alpha value is -2.40. The predicted molar refractivity (Wildman–Crippen MR) is 98.2 cm³/mol. The number of aromatic nitrogens is 1. The average molecular weight is 416 g/mol. The van der Waals surface area contributed by atoms with Crippen LogP contribution in [0, 0.1) is 0 Å². The van der Waals surface area contributed by atoms with Crippen LogP contribution in [0.5, 0.6) is 5.75 Å². The van der Waals surface area contributed by atoms with Crippen molar-refractivity contribution in [3.05, 3.63) is 18.2 Å². The maximum atomic E-state index is 12.4. The summed E-state index contributed by atoms with van der Waals surface area (Å²) in [5.41, 5.74) is 0.460. The number of likely N-dealkylation sites (tertiary alicyclic amines) is 1. The number of carbonyl (C=O) groups excluding carboxylic acids is 2. The Bertz CT molecular complexity index is 871. The lowest BCUT2D eigenvalue weighted by molar-refractivity contribution is -0.274. The highest BCUT2D eigenvalue weighted by molar-refractivity contribution is 7.22. The summed E-state index contributed by atoms with van der Waals surface area (Å²) >= 11 is 1.06. The highest BCUT2D eigenvalue weighted by Gasteiger charge is 2.31. The number of benzene rings is 1. The predicted octanol–water partition coefficient (Wildman–Crippen LogP) is 2.73. The second kappa shape index (κ2) is 8.31. The van der Waals surface area contributed by atoms with E-state index in [1.165, 1.54) is 18.2 Å². The molecule has 2 heterocycles. The summed E-state index contributed by atoms with van der Waals surface area (Å²) in [7, 11) is 1.69. The minimum absolute atomic E-state index is 0.0463. The van der Waals surface area contributed by atoms with Crippen LogP contribution in [0.2, 0.25) is 0 Å². The van der Waals surface area contributed by atoms with Gasteiger partial charge in [0, 0.05) is 25.1 Å². The van der Waals surface area contributed by atoms with Crippen molar-refractivity contribution in [2.24, 2.45) is 0 Å². The van der Waals surface area contributed by atoms with Crippen molar-refractivity contribution in [2.45, 2.75) is 31.7 Å². The molecule has 0 saturated carbocycles. The van der Waals surface area contributed by atoms with Gasteiger partial charge in [0.15, 0.2) is 5.13 Å². The Morgan fingerprint density at radius 1 is 1.39 bits per heavy atom. The number of ether oxygens (including phenoxy) is 1. The third-order valence-electron chi connectivity index (χ3n) is 4.29. The minimum Gasteiger partial charge on any atom is -0.406 e. The fraction of sp³-hybridized carbons (Fsp3) is 0.471. The van der Waals surface area contributed by atoms with Crippen molar-refractivity contribution in [3.8, 4) is 5.75 Å². The molecule has 1 aliphatic rings. The number of fused-ring (bicyclic) bond motifs is 1. The number of anilines is 1. The molecular weight excluding hydrogens is 397 g/mol. The number of halogens is 3. The summed E-state index contributed by atoms with van der Waals surface area (Å²) < 4.78 is 41.3. The number of alkyl halides is 3. The number of nitrogens with zero attached hydrogens (tertiary/aromatic N) is 2. The molecule has 2 aromatic rings. The van der Waals surface area contributed by atoms with E-state index < -0.39 is 6.36 Å². The van der Waals surface area contributed by atoms with Crippen LogP contribution >= 0.6 is 11.3 Å². The van der Waals surface area contributed by atoms with Gasteiger partial charge in [-0.1, -0.05) is 11.3 Å². The van der Waals surface area contributed by atoms with Crippen molar-refractivity contribution in [1.82, 2.24) is 15.2 Å². The molecule has 2 N–H and O–H groups in total. The molecule has 1 fully saturated rings. The molecular formula is C17H19F3N4O3S. The van der Waals surface area contributed by atoms with Crippen LogP contribution in [0.4, 0.5) is 18.3 Å². The van der Waals surface area contributed by atoms with E-state index >= 15 is 0 Å². The molecule has 0 spiro atoms. The van der Waals surface area contributed by atoms with Crippen molar-refractivity contribution < 1.29 is 27.5 Å². The van der Waals surface area contributed by atoms with Gasteiger partial charge in [0.05, 0.1) is 16.8 Å². The normalized spacial score (nSPS) is 17.1. The molecule has 11 heteroatoms. The lowest BCUT2D eigenvalue weighted by Gasteiger charge is -2.24. The highest BCUT2D eigenvalue weighted by Crippen LogP contribution is 2.32. The first kappa shape index (κ1) is 20.3. The number of likely N-dealkylation sites (N-methyl/N-ethyl adjacent to an activating group) is 1. The summed E-state index contributed by atoms with van der Waals surface area (Å²) in [6.07, 6.45) is -3.03. The van der Waals surface area contributed by atoms with Gasteiger partial charge >= 0.3 is 6.36 Å². The van der Waals surface area contributed by atoms with Crippen LogP contribution in [-0.4, -0.2) is 54.2 Å². The average Bonchev–Trinajstić information content (AvgIpc) is 3.19. The molecule has 1 aliphatic heterocycles. The Balaban J connectivity index is 1.63. The third kappa shape index (κ3) is 5.10. The molecule has 7 nitrogen and oxygen atoms in total. The Morgan fingerprint density at radius 2 is 2.18 bits per heavy atom. The van der Waals surface area contributed by atoms with E-state index in [0.717, 1.165) is 24.2 Å².